The molecule has 1 aromatic heterocycles. The van der Waals surface area contributed by atoms with Crippen LogP contribution in [0.4, 0.5) is 5.69 Å². The minimum Gasteiger partial charge on any atom is -0.347 e. The maximum atomic E-state index is 12.6. The van der Waals surface area contributed by atoms with Gasteiger partial charge in [-0.25, -0.2) is 4.98 Å². The predicted molar refractivity (Wildman–Crippen MR) is 118 cm³/mol. The number of hydrogen-bond donors (Lipinski definition) is 2. The van der Waals surface area contributed by atoms with Crippen LogP contribution in [0.5, 0.6) is 0 Å². The van der Waals surface area contributed by atoms with Crippen LogP contribution in [-0.4, -0.2) is 27.9 Å². The molecule has 0 aliphatic carbocycles. The van der Waals surface area contributed by atoms with Crippen LogP contribution in [0.15, 0.2) is 41.5 Å². The Balaban J connectivity index is 1.55. The molecular weight excluding hydrogens is 380 g/mol. The summed E-state index contributed by atoms with van der Waals surface area (Å²) in [7, 11) is 0. The van der Waals surface area contributed by atoms with Crippen molar-refractivity contribution >= 4 is 28.4 Å². The van der Waals surface area contributed by atoms with Gasteiger partial charge in [-0.15, -0.1) is 0 Å². The molecule has 0 aliphatic rings. The maximum absolute atomic E-state index is 12.6. The highest BCUT2D eigenvalue weighted by Crippen LogP contribution is 2.21. The van der Waals surface area contributed by atoms with Crippen LogP contribution >= 0.6 is 0 Å². The van der Waals surface area contributed by atoms with Crippen LogP contribution in [0.3, 0.4) is 0 Å². The Morgan fingerprint density at radius 1 is 1.00 bits per heavy atom. The van der Waals surface area contributed by atoms with E-state index in [1.54, 1.807) is 6.07 Å². The second-order valence-electron chi connectivity index (χ2n) is 7.56. The number of hydrogen-bond acceptors (Lipinski definition) is 4. The fraction of sp³-hybridized carbons (Fsp3) is 0.304. The van der Waals surface area contributed by atoms with Crippen LogP contribution in [0, 0.1) is 27.7 Å². The Kier molecular flexibility index (Phi) is 6.30. The standard InChI is InChI=1S/C23H26N4O3/c1-14-10-16(3)21(17(4)11-14)26-20(29)12-24-19(28)8-9-27-13-25-22-15(2)6-5-7-18(22)23(27)30/h5-7,10-11,13H,8-9,12H2,1-4H3,(H,24,28)(H,26,29). The van der Waals surface area contributed by atoms with Gasteiger partial charge in [-0.2, -0.15) is 0 Å². The van der Waals surface area contributed by atoms with E-state index in [9.17, 15) is 14.4 Å². The lowest BCUT2D eigenvalue weighted by atomic mass is 10.1. The summed E-state index contributed by atoms with van der Waals surface area (Å²) in [5.74, 6) is -0.600. The lowest BCUT2D eigenvalue weighted by molar-refractivity contribution is -0.124. The second-order valence-corrected chi connectivity index (χ2v) is 7.56. The number of para-hydroxylation sites is 1. The number of benzene rings is 2. The molecule has 3 rings (SSSR count). The molecule has 2 amide bonds. The fourth-order valence-corrected chi connectivity index (χ4v) is 3.55. The van der Waals surface area contributed by atoms with Gasteiger partial charge in [0.05, 0.1) is 23.8 Å². The molecular formula is C23H26N4O3. The minimum atomic E-state index is -0.307. The van der Waals surface area contributed by atoms with E-state index in [2.05, 4.69) is 15.6 Å². The Morgan fingerprint density at radius 3 is 2.40 bits per heavy atom. The summed E-state index contributed by atoms with van der Waals surface area (Å²) >= 11 is 0. The maximum Gasteiger partial charge on any atom is 0.261 e. The molecule has 2 aromatic carbocycles. The zero-order valence-corrected chi connectivity index (χ0v) is 17.7. The molecule has 3 aromatic rings. The average molecular weight is 406 g/mol. The second kappa shape index (κ2) is 8.90. The molecule has 0 saturated heterocycles. The zero-order chi connectivity index (χ0) is 21.8. The molecule has 0 bridgehead atoms. The number of amides is 2. The van der Waals surface area contributed by atoms with Crippen LogP contribution in [-0.2, 0) is 16.1 Å². The Bertz CT molecular complexity index is 1160. The molecule has 0 radical (unpaired) electrons. The molecule has 0 atom stereocenters. The third-order valence-corrected chi connectivity index (χ3v) is 5.02. The Labute approximate surface area is 175 Å². The number of nitrogens with zero attached hydrogens (tertiary/aromatic N) is 2. The van der Waals surface area contributed by atoms with Crippen LogP contribution in [0.2, 0.25) is 0 Å². The van der Waals surface area contributed by atoms with E-state index in [1.165, 1.54) is 10.9 Å². The number of nitrogens with one attached hydrogen (secondary N) is 2. The summed E-state index contributed by atoms with van der Waals surface area (Å²) in [4.78, 5) is 41.3. The Hall–Kier alpha value is -3.48. The van der Waals surface area contributed by atoms with Crippen molar-refractivity contribution in [2.24, 2.45) is 0 Å². The number of carbonyl (C=O) groups excluding carboxylic acids is 2. The molecule has 7 heteroatoms. The molecule has 0 aliphatic heterocycles. The number of aryl methyl sites for hydroxylation is 5. The van der Waals surface area contributed by atoms with E-state index in [4.69, 9.17) is 0 Å². The van der Waals surface area contributed by atoms with Gasteiger partial charge < -0.3 is 10.6 Å². The van der Waals surface area contributed by atoms with E-state index in [0.717, 1.165) is 27.9 Å². The number of aromatic nitrogens is 2. The zero-order valence-electron chi connectivity index (χ0n) is 17.7. The smallest absolute Gasteiger partial charge is 0.261 e. The molecule has 0 spiro atoms. The van der Waals surface area contributed by atoms with Gasteiger partial charge >= 0.3 is 0 Å². The van der Waals surface area contributed by atoms with E-state index in [1.807, 2.05) is 52.0 Å². The van der Waals surface area contributed by atoms with E-state index < -0.39 is 0 Å². The van der Waals surface area contributed by atoms with Gasteiger partial charge in [0.2, 0.25) is 11.8 Å². The minimum absolute atomic E-state index is 0.0782. The molecule has 7 nitrogen and oxygen atoms in total. The number of fused-ring (bicyclic) bond motifs is 1. The molecule has 2 N–H and O–H groups in total. The van der Waals surface area contributed by atoms with Gasteiger partial charge in [-0.05, 0) is 50.5 Å². The van der Waals surface area contributed by atoms with Gasteiger partial charge in [0.15, 0.2) is 0 Å². The van der Waals surface area contributed by atoms with Crippen molar-refractivity contribution in [3.8, 4) is 0 Å². The van der Waals surface area contributed by atoms with E-state index >= 15 is 0 Å². The molecule has 156 valence electrons. The number of rotatable bonds is 6. The molecule has 0 saturated carbocycles. The summed E-state index contributed by atoms with van der Waals surface area (Å²) in [5.41, 5.74) is 5.27. The first-order valence-corrected chi connectivity index (χ1v) is 9.85. The predicted octanol–water partition coefficient (Wildman–Crippen LogP) is 2.78. The van der Waals surface area contributed by atoms with Crippen LogP contribution in [0.1, 0.15) is 28.7 Å². The molecule has 0 unspecified atom stereocenters. The third-order valence-electron chi connectivity index (χ3n) is 5.02. The summed E-state index contributed by atoms with van der Waals surface area (Å²) < 4.78 is 1.42. The first-order chi connectivity index (χ1) is 14.3. The highest BCUT2D eigenvalue weighted by atomic mass is 16.2. The van der Waals surface area contributed by atoms with Crippen LogP contribution in [0.25, 0.3) is 10.9 Å². The highest BCUT2D eigenvalue weighted by molar-refractivity contribution is 5.95. The quantitative estimate of drug-likeness (QED) is 0.658. The van der Waals surface area contributed by atoms with Crippen molar-refractivity contribution in [2.45, 2.75) is 40.7 Å². The normalized spacial score (nSPS) is 10.8. The number of anilines is 1. The van der Waals surface area contributed by atoms with Gasteiger partial charge in [-0.3, -0.25) is 19.0 Å². The summed E-state index contributed by atoms with van der Waals surface area (Å²) in [6.45, 7) is 7.84. The third kappa shape index (κ3) is 4.74. The largest absolute Gasteiger partial charge is 0.347 e. The molecule has 0 fully saturated rings. The fourth-order valence-electron chi connectivity index (χ4n) is 3.55. The van der Waals surface area contributed by atoms with Crippen molar-refractivity contribution in [1.82, 2.24) is 14.9 Å². The van der Waals surface area contributed by atoms with Crippen molar-refractivity contribution < 1.29 is 9.59 Å². The monoisotopic (exact) mass is 406 g/mol. The lowest BCUT2D eigenvalue weighted by Crippen LogP contribution is -2.34. The molecule has 1 heterocycles. The summed E-state index contributed by atoms with van der Waals surface area (Å²) in [6, 6.07) is 9.44. The SMILES string of the molecule is Cc1cc(C)c(NC(=O)CNC(=O)CCn2cnc3c(C)cccc3c2=O)c(C)c1. The van der Waals surface area contributed by atoms with E-state index in [0.29, 0.717) is 10.9 Å². The van der Waals surface area contributed by atoms with Crippen LogP contribution < -0.4 is 16.2 Å². The van der Waals surface area contributed by atoms with E-state index in [-0.39, 0.29) is 36.9 Å². The van der Waals surface area contributed by atoms with Gasteiger partial charge in [-0.1, -0.05) is 29.8 Å². The lowest BCUT2D eigenvalue weighted by Gasteiger charge is -2.13. The summed E-state index contributed by atoms with van der Waals surface area (Å²) in [6.07, 6.45) is 1.54. The first kappa shape index (κ1) is 21.2. The van der Waals surface area contributed by atoms with Crippen molar-refractivity contribution in [3.05, 3.63) is 69.3 Å². The van der Waals surface area contributed by atoms with Gasteiger partial charge in [0.25, 0.3) is 5.56 Å². The van der Waals surface area contributed by atoms with Gasteiger partial charge in [0, 0.05) is 18.7 Å². The van der Waals surface area contributed by atoms with Crippen molar-refractivity contribution in [3.63, 3.8) is 0 Å². The first-order valence-electron chi connectivity index (χ1n) is 9.85. The van der Waals surface area contributed by atoms with Crippen molar-refractivity contribution in [1.29, 1.82) is 0 Å². The highest BCUT2D eigenvalue weighted by Gasteiger charge is 2.11. The Morgan fingerprint density at radius 2 is 1.70 bits per heavy atom. The average Bonchev–Trinajstić information content (AvgIpc) is 2.69. The van der Waals surface area contributed by atoms with Gasteiger partial charge in [0.1, 0.15) is 0 Å². The van der Waals surface area contributed by atoms with Crippen molar-refractivity contribution in [2.75, 3.05) is 11.9 Å². The number of carbonyl (C=O) groups is 2. The summed E-state index contributed by atoms with van der Waals surface area (Å²) in [5, 5.41) is 5.98. The molecule has 30 heavy (non-hydrogen) atoms. The topological polar surface area (TPSA) is 93.1 Å².